The molecule has 2 aliphatic rings. The van der Waals surface area contributed by atoms with Crippen LogP contribution in [0.15, 0.2) is 0 Å². The number of carbonyl (C=O) groups is 2. The topological polar surface area (TPSA) is 34.1 Å². The van der Waals surface area contributed by atoms with Crippen molar-refractivity contribution in [2.24, 2.45) is 16.2 Å². The van der Waals surface area contributed by atoms with E-state index in [4.69, 9.17) is 0 Å². The molecule has 2 bridgehead atoms. The standard InChI is InChI=1S/C11H16O2/c1-9(2)10(3)5-6-11(9,4)8(13)7(10)12/h5-6H2,1-4H3/t10-,11-/m1/s1. The largest absolute Gasteiger partial charge is 0.290 e. The molecule has 0 N–H and O–H groups in total. The van der Waals surface area contributed by atoms with Crippen LogP contribution in [0.2, 0.25) is 0 Å². The molecule has 0 radical (unpaired) electrons. The van der Waals surface area contributed by atoms with Gasteiger partial charge in [0, 0.05) is 10.8 Å². The summed E-state index contributed by atoms with van der Waals surface area (Å²) in [5.74, 6) is -0.266. The average molecular weight is 180 g/mol. The minimum Gasteiger partial charge on any atom is -0.290 e. The van der Waals surface area contributed by atoms with Gasteiger partial charge in [-0.1, -0.05) is 27.7 Å². The third kappa shape index (κ3) is 0.608. The summed E-state index contributed by atoms with van der Waals surface area (Å²) in [5, 5.41) is 0. The molecule has 2 fully saturated rings. The number of hydrogen-bond donors (Lipinski definition) is 0. The number of ketones is 2. The van der Waals surface area contributed by atoms with Crippen LogP contribution in [0.3, 0.4) is 0 Å². The lowest BCUT2D eigenvalue weighted by atomic mass is 9.66. The molecule has 0 unspecified atom stereocenters. The van der Waals surface area contributed by atoms with Crippen molar-refractivity contribution in [1.29, 1.82) is 0 Å². The Bertz CT molecular complexity index is 286. The Kier molecular flexibility index (Phi) is 1.30. The van der Waals surface area contributed by atoms with E-state index in [0.29, 0.717) is 0 Å². The molecule has 2 rings (SSSR count). The quantitative estimate of drug-likeness (QED) is 0.534. The Morgan fingerprint density at radius 2 is 1.15 bits per heavy atom. The normalized spacial score (nSPS) is 47.4. The smallest absolute Gasteiger partial charge is 0.205 e. The monoisotopic (exact) mass is 180 g/mol. The summed E-state index contributed by atoms with van der Waals surface area (Å²) < 4.78 is 0. The predicted molar refractivity (Wildman–Crippen MR) is 49.2 cm³/mol. The molecular formula is C11H16O2. The highest BCUT2D eigenvalue weighted by Crippen LogP contribution is 2.68. The second kappa shape index (κ2) is 1.89. The molecule has 0 aliphatic heterocycles. The summed E-state index contributed by atoms with van der Waals surface area (Å²) in [6.45, 7) is 8.02. The molecule has 0 amide bonds. The van der Waals surface area contributed by atoms with Crippen molar-refractivity contribution in [2.45, 2.75) is 40.5 Å². The van der Waals surface area contributed by atoms with Crippen LogP contribution in [-0.4, -0.2) is 11.6 Å². The molecule has 13 heavy (non-hydrogen) atoms. The Hall–Kier alpha value is -0.660. The van der Waals surface area contributed by atoms with Gasteiger partial charge in [-0.2, -0.15) is 0 Å². The van der Waals surface area contributed by atoms with Crippen molar-refractivity contribution in [1.82, 2.24) is 0 Å². The SMILES string of the molecule is CC1(C)[C@]2(C)CC[C@]1(C)C(=O)C2=O. The summed E-state index contributed by atoms with van der Waals surface area (Å²) in [4.78, 5) is 23.5. The van der Waals surface area contributed by atoms with Gasteiger partial charge in [0.05, 0.1) is 0 Å². The van der Waals surface area contributed by atoms with Gasteiger partial charge >= 0.3 is 0 Å². The summed E-state index contributed by atoms with van der Waals surface area (Å²) in [6.07, 6.45) is 1.75. The number of fused-ring (bicyclic) bond motifs is 2. The maximum atomic E-state index is 11.8. The van der Waals surface area contributed by atoms with E-state index in [1.807, 2.05) is 13.8 Å². The molecule has 2 heteroatoms. The molecule has 0 aromatic rings. The third-order valence-electron chi connectivity index (χ3n) is 5.09. The Morgan fingerprint density at radius 1 is 0.846 bits per heavy atom. The van der Waals surface area contributed by atoms with E-state index in [0.717, 1.165) is 12.8 Å². The molecule has 0 saturated heterocycles. The molecule has 72 valence electrons. The van der Waals surface area contributed by atoms with Crippen molar-refractivity contribution in [2.75, 3.05) is 0 Å². The van der Waals surface area contributed by atoms with Crippen molar-refractivity contribution >= 4 is 11.6 Å². The molecule has 0 aromatic heterocycles. The highest BCUT2D eigenvalue weighted by molar-refractivity contribution is 6.44. The zero-order valence-corrected chi connectivity index (χ0v) is 8.73. The van der Waals surface area contributed by atoms with Crippen molar-refractivity contribution < 1.29 is 9.59 Å². The van der Waals surface area contributed by atoms with Gasteiger partial charge in [-0.15, -0.1) is 0 Å². The van der Waals surface area contributed by atoms with Gasteiger partial charge in [-0.3, -0.25) is 9.59 Å². The van der Waals surface area contributed by atoms with Gasteiger partial charge in [-0.05, 0) is 18.3 Å². The summed E-state index contributed by atoms with van der Waals surface area (Å²) in [6, 6.07) is 0. The van der Waals surface area contributed by atoms with Crippen LogP contribution in [0.5, 0.6) is 0 Å². The van der Waals surface area contributed by atoms with Gasteiger partial charge in [0.1, 0.15) is 0 Å². The Labute approximate surface area is 78.7 Å². The van der Waals surface area contributed by atoms with Crippen molar-refractivity contribution in [3.05, 3.63) is 0 Å². The highest BCUT2D eigenvalue weighted by Gasteiger charge is 2.72. The first-order valence-corrected chi connectivity index (χ1v) is 4.87. The van der Waals surface area contributed by atoms with Crippen LogP contribution in [0.1, 0.15) is 40.5 Å². The van der Waals surface area contributed by atoms with Crippen LogP contribution < -0.4 is 0 Å². The van der Waals surface area contributed by atoms with Gasteiger partial charge in [0.25, 0.3) is 0 Å². The minimum atomic E-state index is -0.390. The first kappa shape index (κ1) is 8.92. The molecule has 0 aromatic carbocycles. The summed E-state index contributed by atoms with van der Waals surface area (Å²) in [7, 11) is 0. The van der Waals surface area contributed by atoms with E-state index in [2.05, 4.69) is 13.8 Å². The second-order valence-corrected chi connectivity index (χ2v) is 5.45. The van der Waals surface area contributed by atoms with Gasteiger partial charge in [0.15, 0.2) is 0 Å². The van der Waals surface area contributed by atoms with Crippen LogP contribution >= 0.6 is 0 Å². The number of hydrogen-bond acceptors (Lipinski definition) is 2. The predicted octanol–water partition coefficient (Wildman–Crippen LogP) is 1.97. The molecule has 2 atom stereocenters. The van der Waals surface area contributed by atoms with E-state index in [1.54, 1.807) is 0 Å². The zero-order chi connectivity index (χ0) is 10.1. The minimum absolute atomic E-state index is 0.133. The van der Waals surface area contributed by atoms with Crippen molar-refractivity contribution in [3.8, 4) is 0 Å². The van der Waals surface area contributed by atoms with E-state index in [1.165, 1.54) is 0 Å². The molecule has 0 spiro atoms. The fourth-order valence-electron chi connectivity index (χ4n) is 3.03. The van der Waals surface area contributed by atoms with E-state index in [-0.39, 0.29) is 17.0 Å². The third-order valence-corrected chi connectivity index (χ3v) is 5.09. The van der Waals surface area contributed by atoms with Gasteiger partial charge < -0.3 is 0 Å². The fraction of sp³-hybridized carbons (Fsp3) is 0.818. The number of carbonyl (C=O) groups excluding carboxylic acids is 2. The highest BCUT2D eigenvalue weighted by atomic mass is 16.2. The number of Topliss-reactive ketones (excluding diaryl/α,β-unsaturated/α-hetero) is 2. The van der Waals surface area contributed by atoms with Crippen LogP contribution in [0, 0.1) is 16.2 Å². The van der Waals surface area contributed by atoms with Gasteiger partial charge in [0.2, 0.25) is 11.6 Å². The van der Waals surface area contributed by atoms with Crippen LogP contribution in [-0.2, 0) is 9.59 Å². The zero-order valence-electron chi connectivity index (χ0n) is 8.73. The van der Waals surface area contributed by atoms with Gasteiger partial charge in [-0.25, -0.2) is 0 Å². The lowest BCUT2D eigenvalue weighted by Gasteiger charge is -2.35. The average Bonchev–Trinajstić information content (AvgIpc) is 2.28. The van der Waals surface area contributed by atoms with Crippen LogP contribution in [0.25, 0.3) is 0 Å². The molecule has 2 aliphatic carbocycles. The van der Waals surface area contributed by atoms with E-state index < -0.39 is 10.8 Å². The maximum absolute atomic E-state index is 11.8. The Morgan fingerprint density at radius 3 is 1.31 bits per heavy atom. The Balaban J connectivity index is 2.68. The summed E-state index contributed by atoms with van der Waals surface area (Å²) in [5.41, 5.74) is -0.939. The molecule has 0 heterocycles. The first-order chi connectivity index (χ1) is 5.77. The molecule has 2 saturated carbocycles. The molecule has 2 nitrogen and oxygen atoms in total. The summed E-state index contributed by atoms with van der Waals surface area (Å²) >= 11 is 0. The molecular weight excluding hydrogens is 164 g/mol. The second-order valence-electron chi connectivity index (χ2n) is 5.45. The maximum Gasteiger partial charge on any atom is 0.205 e. The van der Waals surface area contributed by atoms with Crippen molar-refractivity contribution in [3.63, 3.8) is 0 Å². The lowest BCUT2D eigenvalue weighted by molar-refractivity contribution is -0.143. The number of rotatable bonds is 0. The van der Waals surface area contributed by atoms with E-state index >= 15 is 0 Å². The van der Waals surface area contributed by atoms with E-state index in [9.17, 15) is 9.59 Å². The lowest BCUT2D eigenvalue weighted by Crippen LogP contribution is -2.34. The van der Waals surface area contributed by atoms with Crippen LogP contribution in [0.4, 0.5) is 0 Å². The first-order valence-electron chi connectivity index (χ1n) is 4.87. The fourth-order valence-corrected chi connectivity index (χ4v) is 3.03.